The molecule has 1 fully saturated rings. The number of piperidine rings is 1. The number of carbonyl (C=O) groups is 1. The summed E-state index contributed by atoms with van der Waals surface area (Å²) in [5.74, 6) is -1.21. The van der Waals surface area contributed by atoms with Crippen LogP contribution in [0.1, 0.15) is 29.0 Å². The van der Waals surface area contributed by atoms with Crippen LogP contribution in [0.5, 0.6) is 0 Å². The third-order valence-electron chi connectivity index (χ3n) is 5.82. The summed E-state index contributed by atoms with van der Waals surface area (Å²) in [5, 5.41) is 9.53. The summed E-state index contributed by atoms with van der Waals surface area (Å²) < 4.78 is 27.3. The number of aryl methyl sites for hydroxylation is 1. The zero-order valence-electron chi connectivity index (χ0n) is 17.3. The first-order chi connectivity index (χ1) is 14.9. The minimum atomic E-state index is -3.98. The number of likely N-dealkylation sites (tertiary alicyclic amines) is 1. The van der Waals surface area contributed by atoms with E-state index < -0.39 is 33.1 Å². The Balaban J connectivity index is 1.77. The highest BCUT2D eigenvalue weighted by atomic mass is 32.2. The first kappa shape index (κ1) is 21.3. The second-order valence-corrected chi connectivity index (χ2v) is 10.0. The van der Waals surface area contributed by atoms with E-state index in [2.05, 4.69) is 0 Å². The fraction of sp³-hybridized carbons (Fsp3) is 0.240. The summed E-state index contributed by atoms with van der Waals surface area (Å²) in [5.41, 5.74) is 2.50. The summed E-state index contributed by atoms with van der Waals surface area (Å²) in [4.78, 5) is 15.0. The number of rotatable bonds is 5. The number of benzene rings is 3. The number of nitrogens with zero attached hydrogens (tertiary/aromatic N) is 1. The van der Waals surface area contributed by atoms with Crippen LogP contribution in [0, 0.1) is 6.92 Å². The molecule has 5 nitrogen and oxygen atoms in total. The SMILES string of the molecule is Cc1ccc(S(=O)(=O)C2C(=O)N(Cc3ccccc3)C(O)CC2c2ccccc2)cc1. The molecule has 1 saturated heterocycles. The molecule has 3 atom stereocenters. The van der Waals surface area contributed by atoms with Crippen molar-refractivity contribution in [3.05, 3.63) is 102 Å². The fourth-order valence-electron chi connectivity index (χ4n) is 4.16. The predicted octanol–water partition coefficient (Wildman–Crippen LogP) is 3.67. The van der Waals surface area contributed by atoms with E-state index in [9.17, 15) is 18.3 Å². The standard InChI is InChI=1S/C25H25NO4S/c1-18-12-14-21(15-13-18)31(29,30)24-22(20-10-6-3-7-11-20)16-23(27)26(25(24)28)17-19-8-4-2-5-9-19/h2-15,22-24,27H,16-17H2,1H3. The van der Waals surface area contributed by atoms with Gasteiger partial charge >= 0.3 is 0 Å². The Bertz CT molecular complexity index is 1150. The van der Waals surface area contributed by atoms with Gasteiger partial charge in [-0.3, -0.25) is 4.79 Å². The van der Waals surface area contributed by atoms with E-state index in [-0.39, 0.29) is 17.9 Å². The van der Waals surface area contributed by atoms with Gasteiger partial charge in [0.2, 0.25) is 5.91 Å². The largest absolute Gasteiger partial charge is 0.373 e. The Morgan fingerprint density at radius 3 is 2.10 bits per heavy atom. The van der Waals surface area contributed by atoms with Crippen LogP contribution in [-0.2, 0) is 21.2 Å². The van der Waals surface area contributed by atoms with E-state index in [1.165, 1.54) is 4.90 Å². The van der Waals surface area contributed by atoms with E-state index in [1.54, 1.807) is 24.3 Å². The van der Waals surface area contributed by atoms with Crippen LogP contribution in [0.4, 0.5) is 0 Å². The van der Waals surface area contributed by atoms with Gasteiger partial charge in [0.1, 0.15) is 6.23 Å². The number of hydrogen-bond acceptors (Lipinski definition) is 4. The maximum atomic E-state index is 13.7. The van der Waals surface area contributed by atoms with Crippen molar-refractivity contribution >= 4 is 15.7 Å². The smallest absolute Gasteiger partial charge is 0.244 e. The number of carbonyl (C=O) groups excluding carboxylic acids is 1. The van der Waals surface area contributed by atoms with Gasteiger partial charge < -0.3 is 10.0 Å². The molecule has 1 N–H and O–H groups in total. The van der Waals surface area contributed by atoms with E-state index >= 15 is 0 Å². The van der Waals surface area contributed by atoms with Crippen LogP contribution >= 0.6 is 0 Å². The van der Waals surface area contributed by atoms with Crippen LogP contribution in [0.2, 0.25) is 0 Å². The van der Waals surface area contributed by atoms with Crippen molar-refractivity contribution < 1.29 is 18.3 Å². The lowest BCUT2D eigenvalue weighted by molar-refractivity contribution is -0.148. The molecule has 6 heteroatoms. The second kappa shape index (κ2) is 8.65. The lowest BCUT2D eigenvalue weighted by Crippen LogP contribution is -2.55. The molecular formula is C25H25NO4S. The molecule has 3 aromatic rings. The molecule has 1 aliphatic rings. The van der Waals surface area contributed by atoms with Crippen molar-refractivity contribution in [1.29, 1.82) is 0 Å². The topological polar surface area (TPSA) is 74.7 Å². The first-order valence-electron chi connectivity index (χ1n) is 10.3. The fourth-order valence-corrected chi connectivity index (χ4v) is 6.07. The van der Waals surface area contributed by atoms with E-state index in [0.717, 1.165) is 16.7 Å². The third-order valence-corrected chi connectivity index (χ3v) is 7.95. The Kier molecular flexibility index (Phi) is 5.94. The highest BCUT2D eigenvalue weighted by molar-refractivity contribution is 7.92. The molecule has 0 spiro atoms. The predicted molar refractivity (Wildman–Crippen MR) is 119 cm³/mol. The number of amides is 1. The lowest BCUT2D eigenvalue weighted by Gasteiger charge is -2.41. The minimum absolute atomic E-state index is 0.119. The highest BCUT2D eigenvalue weighted by Gasteiger charge is 2.49. The van der Waals surface area contributed by atoms with Crippen LogP contribution in [0.3, 0.4) is 0 Å². The maximum Gasteiger partial charge on any atom is 0.244 e. The summed E-state index contributed by atoms with van der Waals surface area (Å²) in [7, 11) is -3.98. The van der Waals surface area contributed by atoms with Crippen molar-refractivity contribution in [2.45, 2.75) is 42.2 Å². The Hall–Kier alpha value is -2.96. The van der Waals surface area contributed by atoms with Crippen LogP contribution in [0.15, 0.2) is 89.8 Å². The average Bonchev–Trinajstić information content (AvgIpc) is 2.77. The van der Waals surface area contributed by atoms with Gasteiger partial charge in [-0.05, 0) is 30.2 Å². The molecule has 0 bridgehead atoms. The van der Waals surface area contributed by atoms with Crippen molar-refractivity contribution in [3.8, 4) is 0 Å². The van der Waals surface area contributed by atoms with Crippen LogP contribution in [0.25, 0.3) is 0 Å². The molecule has 31 heavy (non-hydrogen) atoms. The summed E-state index contributed by atoms with van der Waals surface area (Å²) in [6.45, 7) is 2.04. The molecule has 3 unspecified atom stereocenters. The number of sulfone groups is 1. The molecule has 0 aromatic heterocycles. The molecule has 3 aromatic carbocycles. The molecule has 1 heterocycles. The second-order valence-electron chi connectivity index (χ2n) is 7.96. The molecule has 0 radical (unpaired) electrons. The van der Waals surface area contributed by atoms with Gasteiger partial charge in [0, 0.05) is 18.9 Å². The van der Waals surface area contributed by atoms with Crippen molar-refractivity contribution in [3.63, 3.8) is 0 Å². The lowest BCUT2D eigenvalue weighted by atomic mass is 9.87. The maximum absolute atomic E-state index is 13.7. The van der Waals surface area contributed by atoms with Crippen molar-refractivity contribution in [2.75, 3.05) is 0 Å². The van der Waals surface area contributed by atoms with Crippen molar-refractivity contribution in [1.82, 2.24) is 4.90 Å². The molecule has 160 valence electrons. The van der Waals surface area contributed by atoms with E-state index in [4.69, 9.17) is 0 Å². The molecule has 0 aliphatic carbocycles. The first-order valence-corrected chi connectivity index (χ1v) is 11.8. The summed E-state index contributed by atoms with van der Waals surface area (Å²) in [6, 6.07) is 24.9. The third kappa shape index (κ3) is 4.27. The Morgan fingerprint density at radius 2 is 1.48 bits per heavy atom. The molecular weight excluding hydrogens is 410 g/mol. The number of hydrogen-bond donors (Lipinski definition) is 1. The zero-order chi connectivity index (χ0) is 22.0. The summed E-state index contributed by atoms with van der Waals surface area (Å²) in [6.07, 6.45) is -0.916. The van der Waals surface area contributed by atoms with Crippen LogP contribution < -0.4 is 0 Å². The minimum Gasteiger partial charge on any atom is -0.373 e. The Morgan fingerprint density at radius 1 is 0.903 bits per heavy atom. The quantitative estimate of drug-likeness (QED) is 0.664. The monoisotopic (exact) mass is 435 g/mol. The van der Waals surface area contributed by atoms with Crippen molar-refractivity contribution in [2.24, 2.45) is 0 Å². The molecule has 0 saturated carbocycles. The van der Waals surface area contributed by atoms with Gasteiger partial charge in [0.25, 0.3) is 0 Å². The van der Waals surface area contributed by atoms with Gasteiger partial charge in [-0.2, -0.15) is 0 Å². The molecule has 1 aliphatic heterocycles. The molecule has 1 amide bonds. The normalized spacial score (nSPS) is 21.8. The Labute approximate surface area is 182 Å². The van der Waals surface area contributed by atoms with Crippen LogP contribution in [-0.4, -0.2) is 35.8 Å². The highest BCUT2D eigenvalue weighted by Crippen LogP contribution is 2.38. The summed E-state index contributed by atoms with van der Waals surface area (Å²) >= 11 is 0. The number of aliphatic hydroxyl groups is 1. The van der Waals surface area contributed by atoms with Gasteiger partial charge in [-0.1, -0.05) is 78.4 Å². The van der Waals surface area contributed by atoms with Gasteiger partial charge in [0.05, 0.1) is 4.90 Å². The van der Waals surface area contributed by atoms with Gasteiger partial charge in [0.15, 0.2) is 15.1 Å². The number of aliphatic hydroxyl groups excluding tert-OH is 1. The van der Waals surface area contributed by atoms with E-state index in [0.29, 0.717) is 0 Å². The molecule has 4 rings (SSSR count). The average molecular weight is 436 g/mol. The van der Waals surface area contributed by atoms with E-state index in [1.807, 2.05) is 67.6 Å². The van der Waals surface area contributed by atoms with Gasteiger partial charge in [-0.15, -0.1) is 0 Å². The van der Waals surface area contributed by atoms with Gasteiger partial charge in [-0.25, -0.2) is 8.42 Å². The zero-order valence-corrected chi connectivity index (χ0v) is 18.1.